The van der Waals surface area contributed by atoms with Gasteiger partial charge in [0.25, 0.3) is 0 Å². The minimum absolute atomic E-state index is 0.0429. The lowest BCUT2D eigenvalue weighted by Crippen LogP contribution is -2.37. The van der Waals surface area contributed by atoms with Gasteiger partial charge in [-0.2, -0.15) is 0 Å². The summed E-state index contributed by atoms with van der Waals surface area (Å²) in [4.78, 5) is 11.1. The van der Waals surface area contributed by atoms with Crippen molar-refractivity contribution in [1.29, 1.82) is 0 Å². The standard InChI is InChI=1S/C8H17NO2/c1-5(2)11-7(4)8(10)6(3)9/h5-7H,9H2,1-4H3. The summed E-state index contributed by atoms with van der Waals surface area (Å²) in [5.74, 6) is -0.0429. The van der Waals surface area contributed by atoms with Crippen molar-refractivity contribution in [2.45, 2.75) is 45.9 Å². The van der Waals surface area contributed by atoms with Gasteiger partial charge in [0.1, 0.15) is 6.10 Å². The number of ketones is 1. The van der Waals surface area contributed by atoms with Crippen molar-refractivity contribution >= 4 is 5.78 Å². The Bertz CT molecular complexity index is 132. The van der Waals surface area contributed by atoms with Crippen molar-refractivity contribution in [3.63, 3.8) is 0 Å². The second kappa shape index (κ2) is 4.46. The first-order chi connectivity index (χ1) is 4.95. The van der Waals surface area contributed by atoms with Crippen LogP contribution in [0.4, 0.5) is 0 Å². The predicted molar refractivity (Wildman–Crippen MR) is 44.3 cm³/mol. The monoisotopic (exact) mass is 159 g/mol. The van der Waals surface area contributed by atoms with Gasteiger partial charge in [-0.05, 0) is 27.7 Å². The van der Waals surface area contributed by atoms with E-state index in [2.05, 4.69) is 0 Å². The quantitative estimate of drug-likeness (QED) is 0.657. The smallest absolute Gasteiger partial charge is 0.177 e. The third-order valence-corrected chi connectivity index (χ3v) is 1.33. The van der Waals surface area contributed by atoms with Crippen LogP contribution >= 0.6 is 0 Å². The maximum atomic E-state index is 11.1. The van der Waals surface area contributed by atoms with Crippen LogP contribution < -0.4 is 5.73 Å². The summed E-state index contributed by atoms with van der Waals surface area (Å²) < 4.78 is 5.24. The normalized spacial score (nSPS) is 16.5. The van der Waals surface area contributed by atoms with E-state index in [4.69, 9.17) is 10.5 Å². The van der Waals surface area contributed by atoms with E-state index in [1.54, 1.807) is 13.8 Å². The molecular weight excluding hydrogens is 142 g/mol. The Morgan fingerprint density at radius 3 is 2.00 bits per heavy atom. The topological polar surface area (TPSA) is 52.3 Å². The molecule has 0 radical (unpaired) electrons. The van der Waals surface area contributed by atoms with Gasteiger partial charge in [0.2, 0.25) is 0 Å². The number of Topliss-reactive ketones (excluding diaryl/α,β-unsaturated/α-hetero) is 1. The van der Waals surface area contributed by atoms with Crippen LogP contribution in [0.3, 0.4) is 0 Å². The highest BCUT2D eigenvalue weighted by Gasteiger charge is 2.17. The highest BCUT2D eigenvalue weighted by molar-refractivity contribution is 5.87. The molecule has 2 atom stereocenters. The molecule has 0 spiro atoms. The number of carbonyl (C=O) groups is 1. The lowest BCUT2D eigenvalue weighted by atomic mass is 10.1. The van der Waals surface area contributed by atoms with Crippen molar-refractivity contribution in [1.82, 2.24) is 0 Å². The van der Waals surface area contributed by atoms with E-state index in [9.17, 15) is 4.79 Å². The lowest BCUT2D eigenvalue weighted by Gasteiger charge is -2.16. The van der Waals surface area contributed by atoms with Crippen LogP contribution in [0.5, 0.6) is 0 Å². The minimum Gasteiger partial charge on any atom is -0.368 e. The van der Waals surface area contributed by atoms with Crippen LogP contribution in [0.1, 0.15) is 27.7 Å². The molecule has 0 aromatic rings. The third-order valence-electron chi connectivity index (χ3n) is 1.33. The average molecular weight is 159 g/mol. The van der Waals surface area contributed by atoms with E-state index in [0.717, 1.165) is 0 Å². The Morgan fingerprint density at radius 2 is 1.73 bits per heavy atom. The number of hydrogen-bond acceptors (Lipinski definition) is 3. The maximum absolute atomic E-state index is 11.1. The maximum Gasteiger partial charge on any atom is 0.177 e. The van der Waals surface area contributed by atoms with Crippen LogP contribution in [0, 0.1) is 0 Å². The summed E-state index contributed by atoms with van der Waals surface area (Å²) in [7, 11) is 0. The Balaban J connectivity index is 3.83. The zero-order valence-corrected chi connectivity index (χ0v) is 7.63. The molecule has 0 bridgehead atoms. The summed E-state index contributed by atoms with van der Waals surface area (Å²) in [6.07, 6.45) is -0.303. The van der Waals surface area contributed by atoms with Crippen LogP contribution in [0.25, 0.3) is 0 Å². The Kier molecular flexibility index (Phi) is 4.30. The van der Waals surface area contributed by atoms with Crippen molar-refractivity contribution in [2.24, 2.45) is 5.73 Å². The molecule has 0 aliphatic heterocycles. The molecule has 3 heteroatoms. The van der Waals surface area contributed by atoms with Crippen molar-refractivity contribution in [3.05, 3.63) is 0 Å². The average Bonchev–Trinajstić information content (AvgIpc) is 1.84. The van der Waals surface area contributed by atoms with E-state index in [-0.39, 0.29) is 18.0 Å². The molecule has 66 valence electrons. The largest absolute Gasteiger partial charge is 0.368 e. The summed E-state index contributed by atoms with van der Waals surface area (Å²) >= 11 is 0. The second-order valence-corrected chi connectivity index (χ2v) is 3.02. The number of ether oxygens (including phenoxy) is 1. The zero-order chi connectivity index (χ0) is 9.02. The van der Waals surface area contributed by atoms with Gasteiger partial charge in [0, 0.05) is 0 Å². The molecule has 0 aliphatic rings. The number of carbonyl (C=O) groups excluding carboxylic acids is 1. The predicted octanol–water partition coefficient (Wildman–Crippen LogP) is 0.716. The summed E-state index contributed by atoms with van der Waals surface area (Å²) in [5.41, 5.74) is 5.38. The molecule has 2 N–H and O–H groups in total. The Morgan fingerprint density at radius 1 is 1.27 bits per heavy atom. The summed E-state index contributed by atoms with van der Waals surface area (Å²) in [6, 6.07) is -0.427. The molecule has 0 rings (SSSR count). The Hall–Kier alpha value is -0.410. The van der Waals surface area contributed by atoms with E-state index in [0.29, 0.717) is 0 Å². The van der Waals surface area contributed by atoms with Gasteiger partial charge in [-0.15, -0.1) is 0 Å². The van der Waals surface area contributed by atoms with E-state index in [1.807, 2.05) is 13.8 Å². The summed E-state index contributed by atoms with van der Waals surface area (Å²) in [5, 5.41) is 0. The van der Waals surface area contributed by atoms with Crippen molar-refractivity contribution in [3.8, 4) is 0 Å². The highest BCUT2D eigenvalue weighted by Crippen LogP contribution is 1.99. The first kappa shape index (κ1) is 10.6. The van der Waals surface area contributed by atoms with Gasteiger partial charge in [-0.25, -0.2) is 0 Å². The molecule has 0 aromatic carbocycles. The van der Waals surface area contributed by atoms with Gasteiger partial charge < -0.3 is 10.5 Å². The molecule has 0 heterocycles. The van der Waals surface area contributed by atoms with Gasteiger partial charge >= 0.3 is 0 Å². The van der Waals surface area contributed by atoms with Crippen LogP contribution in [-0.4, -0.2) is 24.0 Å². The molecule has 0 fully saturated rings. The number of rotatable bonds is 4. The lowest BCUT2D eigenvalue weighted by molar-refractivity contribution is -0.132. The van der Waals surface area contributed by atoms with Gasteiger partial charge in [0.05, 0.1) is 12.1 Å². The Labute approximate surface area is 67.9 Å². The molecule has 0 saturated carbocycles. The molecular formula is C8H17NO2. The molecule has 0 saturated heterocycles. The first-order valence-electron chi connectivity index (χ1n) is 3.90. The van der Waals surface area contributed by atoms with Gasteiger partial charge in [0.15, 0.2) is 5.78 Å². The number of hydrogen-bond donors (Lipinski definition) is 1. The van der Waals surface area contributed by atoms with E-state index >= 15 is 0 Å². The van der Waals surface area contributed by atoms with Gasteiger partial charge in [-0.3, -0.25) is 4.79 Å². The van der Waals surface area contributed by atoms with E-state index < -0.39 is 6.04 Å². The minimum atomic E-state index is -0.427. The number of nitrogens with two attached hydrogens (primary N) is 1. The zero-order valence-electron chi connectivity index (χ0n) is 7.63. The fraction of sp³-hybridized carbons (Fsp3) is 0.875. The molecule has 0 aromatic heterocycles. The fourth-order valence-corrected chi connectivity index (χ4v) is 0.846. The molecule has 3 nitrogen and oxygen atoms in total. The SMILES string of the molecule is CC(C)OC(C)C(=O)C(C)N. The first-order valence-corrected chi connectivity index (χ1v) is 3.90. The molecule has 0 aliphatic carbocycles. The molecule has 2 unspecified atom stereocenters. The van der Waals surface area contributed by atoms with Gasteiger partial charge in [-0.1, -0.05) is 0 Å². The highest BCUT2D eigenvalue weighted by atomic mass is 16.5. The fourth-order valence-electron chi connectivity index (χ4n) is 0.846. The van der Waals surface area contributed by atoms with Crippen LogP contribution in [0.2, 0.25) is 0 Å². The van der Waals surface area contributed by atoms with Crippen molar-refractivity contribution in [2.75, 3.05) is 0 Å². The van der Waals surface area contributed by atoms with Crippen LogP contribution in [-0.2, 0) is 9.53 Å². The molecule has 11 heavy (non-hydrogen) atoms. The molecule has 0 amide bonds. The summed E-state index contributed by atoms with van der Waals surface area (Å²) in [6.45, 7) is 7.18. The second-order valence-electron chi connectivity index (χ2n) is 3.02. The van der Waals surface area contributed by atoms with Crippen LogP contribution in [0.15, 0.2) is 0 Å². The van der Waals surface area contributed by atoms with E-state index in [1.165, 1.54) is 0 Å². The van der Waals surface area contributed by atoms with Crippen molar-refractivity contribution < 1.29 is 9.53 Å². The third kappa shape index (κ3) is 4.11.